The zero-order valence-electron chi connectivity index (χ0n) is 26.7. The first kappa shape index (κ1) is 27.5. The number of benzene rings is 5. The molecule has 0 radical (unpaired) electrons. The summed E-state index contributed by atoms with van der Waals surface area (Å²) in [6.07, 6.45) is 3.65. The number of hydrogen-bond donors (Lipinski definition) is 0. The van der Waals surface area contributed by atoms with Gasteiger partial charge in [-0.05, 0) is 96.1 Å². The fourth-order valence-corrected chi connectivity index (χ4v) is 8.80. The van der Waals surface area contributed by atoms with E-state index in [4.69, 9.17) is 4.98 Å². The monoisotopic (exact) mass is 654 g/mol. The minimum atomic E-state index is 0.827. The van der Waals surface area contributed by atoms with Crippen molar-refractivity contribution in [2.24, 2.45) is 0 Å². The Kier molecular flexibility index (Phi) is 5.80. The second-order valence-corrected chi connectivity index (χ2v) is 14.0. The molecule has 4 nitrogen and oxygen atoms in total. The molecule has 6 heterocycles. The number of aromatic nitrogens is 4. The molecule has 50 heavy (non-hydrogen) atoms. The van der Waals surface area contributed by atoms with Gasteiger partial charge in [0.15, 0.2) is 0 Å². The van der Waals surface area contributed by atoms with Gasteiger partial charge in [-0.15, -0.1) is 11.3 Å². The van der Waals surface area contributed by atoms with E-state index in [0.29, 0.717) is 0 Å². The van der Waals surface area contributed by atoms with Crippen LogP contribution in [0.3, 0.4) is 0 Å². The molecule has 0 aliphatic carbocycles. The van der Waals surface area contributed by atoms with Crippen molar-refractivity contribution in [3.63, 3.8) is 0 Å². The molecule has 0 saturated carbocycles. The smallest absolute Gasteiger partial charge is 0.0900 e. The van der Waals surface area contributed by atoms with Gasteiger partial charge in [-0.3, -0.25) is 9.97 Å². The van der Waals surface area contributed by atoms with Crippen LogP contribution in [0.4, 0.5) is 0 Å². The Hall–Kier alpha value is -6.43. The van der Waals surface area contributed by atoms with Gasteiger partial charge in [0.05, 0.1) is 39.3 Å². The molecule has 0 aliphatic rings. The molecule has 0 amide bonds. The SMILES string of the molecule is c1ccc(-c2cc(-c3ccc4sc5ccc(-c6cc7c8ccccc8n8c9ccccc9c(c6)c78)cc5c4c3)nc(-c3ccccn3)c2)nc1. The average Bonchev–Trinajstić information content (AvgIpc) is 3.84. The summed E-state index contributed by atoms with van der Waals surface area (Å²) in [6.45, 7) is 0. The summed E-state index contributed by atoms with van der Waals surface area (Å²) in [5.41, 5.74) is 11.8. The third-order valence-electron chi connectivity index (χ3n) is 10.0. The van der Waals surface area contributed by atoms with Gasteiger partial charge < -0.3 is 4.40 Å². The standard InChI is InChI=1S/C45H26N4S/c1-3-13-41-31(9-1)35-23-29(24-36-32-10-2-4-14-42(32)49(41)45(35)36)27-15-17-43-33(21-27)34-22-28(16-18-44(34)50-43)39-25-30(37-11-5-7-19-46-37)26-40(48-39)38-12-6-8-20-47-38/h1-26H. The Morgan fingerprint density at radius 2 is 0.940 bits per heavy atom. The van der Waals surface area contributed by atoms with Crippen LogP contribution in [0.2, 0.25) is 0 Å². The summed E-state index contributed by atoms with van der Waals surface area (Å²) in [4.78, 5) is 14.4. The molecule has 0 N–H and O–H groups in total. The van der Waals surface area contributed by atoms with E-state index in [-0.39, 0.29) is 0 Å². The van der Waals surface area contributed by atoms with Gasteiger partial charge in [-0.25, -0.2) is 4.98 Å². The third kappa shape index (κ3) is 4.08. The maximum absolute atomic E-state index is 5.14. The molecule has 5 aromatic carbocycles. The second-order valence-electron chi connectivity index (χ2n) is 12.9. The highest BCUT2D eigenvalue weighted by molar-refractivity contribution is 7.25. The molecule has 0 atom stereocenters. The Morgan fingerprint density at radius 1 is 0.380 bits per heavy atom. The minimum Gasteiger partial charge on any atom is -0.308 e. The van der Waals surface area contributed by atoms with E-state index in [9.17, 15) is 0 Å². The van der Waals surface area contributed by atoms with Gasteiger partial charge in [-0.2, -0.15) is 0 Å². The number of fused-ring (bicyclic) bond motifs is 9. The number of nitrogens with zero attached hydrogens (tertiary/aromatic N) is 4. The molecule has 0 bridgehead atoms. The van der Waals surface area contributed by atoms with E-state index in [1.807, 2.05) is 60.1 Å². The first-order valence-electron chi connectivity index (χ1n) is 16.8. The predicted octanol–water partition coefficient (Wildman–Crippen LogP) is 12.1. The number of para-hydroxylation sites is 2. The lowest BCUT2D eigenvalue weighted by atomic mass is 9.97. The number of pyridine rings is 3. The topological polar surface area (TPSA) is 43.1 Å². The van der Waals surface area contributed by atoms with E-state index >= 15 is 0 Å². The summed E-state index contributed by atoms with van der Waals surface area (Å²) < 4.78 is 4.97. The van der Waals surface area contributed by atoms with E-state index in [1.165, 1.54) is 69.4 Å². The lowest BCUT2D eigenvalue weighted by Gasteiger charge is -2.10. The summed E-state index contributed by atoms with van der Waals surface area (Å²) in [7, 11) is 0. The lowest BCUT2D eigenvalue weighted by Crippen LogP contribution is -1.93. The van der Waals surface area contributed by atoms with Gasteiger partial charge in [0, 0.05) is 65.2 Å². The van der Waals surface area contributed by atoms with Gasteiger partial charge in [0.25, 0.3) is 0 Å². The zero-order chi connectivity index (χ0) is 32.8. The minimum absolute atomic E-state index is 0.827. The maximum Gasteiger partial charge on any atom is 0.0900 e. The summed E-state index contributed by atoms with van der Waals surface area (Å²) in [5, 5.41) is 7.67. The lowest BCUT2D eigenvalue weighted by molar-refractivity contribution is 1.24. The molecule has 0 fully saturated rings. The van der Waals surface area contributed by atoms with Crippen molar-refractivity contribution in [2.75, 3.05) is 0 Å². The molecule has 6 aromatic heterocycles. The molecular weight excluding hydrogens is 629 g/mol. The second kappa shape index (κ2) is 10.5. The van der Waals surface area contributed by atoms with Crippen LogP contribution in [0.1, 0.15) is 0 Å². The molecular formula is C45H26N4S. The van der Waals surface area contributed by atoms with Gasteiger partial charge in [-0.1, -0.05) is 60.7 Å². The zero-order valence-corrected chi connectivity index (χ0v) is 27.5. The van der Waals surface area contributed by atoms with Crippen molar-refractivity contribution in [2.45, 2.75) is 0 Å². The highest BCUT2D eigenvalue weighted by Crippen LogP contribution is 2.43. The molecule has 0 saturated heterocycles. The van der Waals surface area contributed by atoms with Crippen molar-refractivity contribution in [1.82, 2.24) is 19.4 Å². The first-order valence-corrected chi connectivity index (χ1v) is 17.6. The Labute approximate surface area is 290 Å². The largest absolute Gasteiger partial charge is 0.308 e. The van der Waals surface area contributed by atoms with Crippen LogP contribution in [0, 0.1) is 0 Å². The highest BCUT2D eigenvalue weighted by atomic mass is 32.1. The van der Waals surface area contributed by atoms with Crippen LogP contribution in [0.25, 0.3) is 103 Å². The van der Waals surface area contributed by atoms with Crippen molar-refractivity contribution < 1.29 is 0 Å². The van der Waals surface area contributed by atoms with E-state index in [1.54, 1.807) is 0 Å². The fraction of sp³-hybridized carbons (Fsp3) is 0. The van der Waals surface area contributed by atoms with Gasteiger partial charge in [0.1, 0.15) is 0 Å². The van der Waals surface area contributed by atoms with Crippen LogP contribution in [-0.2, 0) is 0 Å². The third-order valence-corrected chi connectivity index (χ3v) is 11.2. The number of hydrogen-bond acceptors (Lipinski definition) is 4. The van der Waals surface area contributed by atoms with E-state index < -0.39 is 0 Å². The van der Waals surface area contributed by atoms with Crippen molar-refractivity contribution in [3.8, 4) is 45.0 Å². The predicted molar refractivity (Wildman–Crippen MR) is 209 cm³/mol. The number of rotatable bonds is 4. The first-order chi connectivity index (χ1) is 24.8. The molecule has 0 unspecified atom stereocenters. The van der Waals surface area contributed by atoms with Crippen molar-refractivity contribution >= 4 is 69.6 Å². The Morgan fingerprint density at radius 3 is 1.60 bits per heavy atom. The molecule has 5 heteroatoms. The maximum atomic E-state index is 5.14. The van der Waals surface area contributed by atoms with E-state index in [0.717, 1.165) is 33.9 Å². The normalized spacial score (nSPS) is 12.0. The van der Waals surface area contributed by atoms with Crippen molar-refractivity contribution in [3.05, 3.63) is 158 Å². The van der Waals surface area contributed by atoms with Crippen LogP contribution in [0.5, 0.6) is 0 Å². The molecule has 11 rings (SSSR count). The Balaban J connectivity index is 1.10. The van der Waals surface area contributed by atoms with Gasteiger partial charge >= 0.3 is 0 Å². The summed E-state index contributed by atoms with van der Waals surface area (Å²) in [5.74, 6) is 0. The van der Waals surface area contributed by atoms with Gasteiger partial charge in [0.2, 0.25) is 0 Å². The van der Waals surface area contributed by atoms with Crippen molar-refractivity contribution in [1.29, 1.82) is 0 Å². The van der Waals surface area contributed by atoms with Crippen LogP contribution < -0.4 is 0 Å². The quantitative estimate of drug-likeness (QED) is 0.190. The highest BCUT2D eigenvalue weighted by Gasteiger charge is 2.19. The Bertz CT molecular complexity index is 2950. The fourth-order valence-electron chi connectivity index (χ4n) is 7.74. The van der Waals surface area contributed by atoms with Crippen LogP contribution in [-0.4, -0.2) is 19.4 Å². The molecule has 0 aliphatic heterocycles. The number of thiophene rings is 1. The summed E-state index contributed by atoms with van der Waals surface area (Å²) in [6, 6.07) is 52.2. The van der Waals surface area contributed by atoms with Crippen LogP contribution in [0.15, 0.2) is 158 Å². The molecule has 232 valence electrons. The summed E-state index contributed by atoms with van der Waals surface area (Å²) >= 11 is 1.84. The average molecular weight is 655 g/mol. The molecule has 0 spiro atoms. The van der Waals surface area contributed by atoms with E-state index in [2.05, 4.69) is 124 Å². The van der Waals surface area contributed by atoms with Crippen LogP contribution >= 0.6 is 11.3 Å². The molecule has 11 aromatic rings.